The lowest BCUT2D eigenvalue weighted by molar-refractivity contribution is -0.136. The summed E-state index contributed by atoms with van der Waals surface area (Å²) in [6.07, 6.45) is 42.6. The van der Waals surface area contributed by atoms with Gasteiger partial charge < -0.3 is 9.47 Å². The molecule has 0 aliphatic carbocycles. The maximum absolute atomic E-state index is 12.0. The number of ether oxygens (including phenoxy) is 2. The van der Waals surface area contributed by atoms with Crippen molar-refractivity contribution in [2.45, 2.75) is 172 Å². The molecule has 1 aromatic rings. The summed E-state index contributed by atoms with van der Waals surface area (Å²) in [7, 11) is 1.63. The van der Waals surface area contributed by atoms with Crippen molar-refractivity contribution in [3.63, 3.8) is 0 Å². The Labute approximate surface area is 357 Å². The minimum Gasteiger partial charge on any atom is -0.497 e. The molecule has 0 fully saturated rings. The molecule has 0 aliphatic heterocycles. The van der Waals surface area contributed by atoms with Gasteiger partial charge >= 0.3 is 5.97 Å². The molecule has 0 radical (unpaired) electrons. The Morgan fingerprint density at radius 1 is 0.431 bits per heavy atom. The highest BCUT2D eigenvalue weighted by atomic mass is 16.5. The van der Waals surface area contributed by atoms with Crippen molar-refractivity contribution in [1.29, 1.82) is 0 Å². The molecule has 0 aliphatic rings. The van der Waals surface area contributed by atoms with Gasteiger partial charge in [-0.3, -0.25) is 0 Å². The van der Waals surface area contributed by atoms with Crippen LogP contribution in [-0.4, -0.2) is 19.7 Å². The van der Waals surface area contributed by atoms with Gasteiger partial charge in [0, 0.05) is 6.08 Å². The topological polar surface area (TPSA) is 35.5 Å². The van der Waals surface area contributed by atoms with E-state index in [0.717, 1.165) is 94.8 Å². The zero-order valence-corrected chi connectivity index (χ0v) is 38.9. The van der Waals surface area contributed by atoms with Crippen LogP contribution in [0.4, 0.5) is 0 Å². The fourth-order valence-corrected chi connectivity index (χ4v) is 6.42. The standard InChI is InChI=1S/C55H82O3/c1-44(2)20-12-21-45(3)22-13-23-46(4)24-14-25-47(5)26-15-27-48(6)28-16-29-49(7)30-17-31-50(8)32-18-33-51(9)34-19-35-52(10)42-43-58-55(56)41-38-53-36-39-54(57-11)40-37-53/h20,22,24,26,28,30,32,34,36-42H,12-19,21,23,25,27,29,31,33,35,43H2,1-11H3/b41-38+,45-22+,46-24+,47-26+,48-28+,49-30+,50-32+,51-34+,52-42+. The van der Waals surface area contributed by atoms with E-state index < -0.39 is 0 Å². The average Bonchev–Trinajstić information content (AvgIpc) is 3.17. The van der Waals surface area contributed by atoms with Crippen molar-refractivity contribution in [2.24, 2.45) is 0 Å². The first-order chi connectivity index (χ1) is 27.8. The molecule has 0 N–H and O–H groups in total. The first-order valence-electron chi connectivity index (χ1n) is 22.1. The molecule has 0 amide bonds. The minimum atomic E-state index is -0.339. The average molecular weight is 791 g/mol. The van der Waals surface area contributed by atoms with Crippen LogP contribution in [0.3, 0.4) is 0 Å². The summed E-state index contributed by atoms with van der Waals surface area (Å²) in [5.41, 5.74) is 14.1. The Morgan fingerprint density at radius 2 is 0.724 bits per heavy atom. The van der Waals surface area contributed by atoms with Gasteiger partial charge in [0.15, 0.2) is 0 Å². The second kappa shape index (κ2) is 32.8. The van der Waals surface area contributed by atoms with Gasteiger partial charge in [-0.25, -0.2) is 4.79 Å². The van der Waals surface area contributed by atoms with Gasteiger partial charge in [-0.2, -0.15) is 0 Å². The van der Waals surface area contributed by atoms with E-state index in [1.807, 2.05) is 30.3 Å². The predicted molar refractivity (Wildman–Crippen MR) is 256 cm³/mol. The fraction of sp³-hybridized carbons (Fsp3) is 0.509. The number of carbonyl (C=O) groups is 1. The van der Waals surface area contributed by atoms with E-state index in [9.17, 15) is 4.79 Å². The van der Waals surface area contributed by atoms with Crippen molar-refractivity contribution < 1.29 is 14.3 Å². The van der Waals surface area contributed by atoms with Crippen LogP contribution in [0.15, 0.2) is 135 Å². The monoisotopic (exact) mass is 791 g/mol. The van der Waals surface area contributed by atoms with Crippen LogP contribution in [0.2, 0.25) is 0 Å². The number of rotatable bonds is 29. The summed E-state index contributed by atoms with van der Waals surface area (Å²) in [6, 6.07) is 7.54. The Balaban J connectivity index is 2.23. The summed E-state index contributed by atoms with van der Waals surface area (Å²) in [6.45, 7) is 22.7. The number of hydrogen-bond donors (Lipinski definition) is 0. The normalized spacial score (nSPS) is 14.1. The molecule has 3 nitrogen and oxygen atoms in total. The van der Waals surface area contributed by atoms with Gasteiger partial charge in [0.2, 0.25) is 0 Å². The molecule has 320 valence electrons. The zero-order chi connectivity index (χ0) is 43.0. The Morgan fingerprint density at radius 3 is 1.02 bits per heavy atom. The van der Waals surface area contributed by atoms with Gasteiger partial charge in [-0.1, -0.05) is 111 Å². The number of esters is 1. The van der Waals surface area contributed by atoms with Crippen LogP contribution in [0.5, 0.6) is 5.75 Å². The van der Waals surface area contributed by atoms with Crippen LogP contribution >= 0.6 is 0 Å². The first-order valence-corrected chi connectivity index (χ1v) is 22.1. The van der Waals surface area contributed by atoms with Gasteiger partial charge in [0.25, 0.3) is 0 Å². The molecule has 0 heterocycles. The molecule has 0 aromatic heterocycles. The predicted octanol–water partition coefficient (Wildman–Crippen LogP) is 17.0. The van der Waals surface area contributed by atoms with Crippen LogP contribution in [0.25, 0.3) is 6.08 Å². The van der Waals surface area contributed by atoms with Crippen LogP contribution in [0.1, 0.15) is 178 Å². The lowest BCUT2D eigenvalue weighted by atomic mass is 10.0. The van der Waals surface area contributed by atoms with Crippen molar-refractivity contribution in [2.75, 3.05) is 13.7 Å². The quantitative estimate of drug-likeness (QED) is 0.0461. The molecule has 0 saturated carbocycles. The fourth-order valence-electron chi connectivity index (χ4n) is 6.42. The van der Waals surface area contributed by atoms with Gasteiger partial charge in [0.1, 0.15) is 12.4 Å². The van der Waals surface area contributed by atoms with Gasteiger partial charge in [-0.15, -0.1) is 0 Å². The second-order valence-corrected chi connectivity index (χ2v) is 16.7. The van der Waals surface area contributed by atoms with Crippen molar-refractivity contribution in [3.8, 4) is 5.75 Å². The molecule has 58 heavy (non-hydrogen) atoms. The third kappa shape index (κ3) is 30.0. The lowest BCUT2D eigenvalue weighted by Gasteiger charge is -2.04. The number of methoxy groups -OCH3 is 1. The third-order valence-electron chi connectivity index (χ3n) is 10.5. The molecule has 1 aromatic carbocycles. The van der Waals surface area contributed by atoms with E-state index in [2.05, 4.69) is 118 Å². The van der Waals surface area contributed by atoms with E-state index in [1.165, 1.54) is 75.5 Å². The number of hydrogen-bond acceptors (Lipinski definition) is 3. The molecule has 1 rings (SSSR count). The summed E-state index contributed by atoms with van der Waals surface area (Å²) >= 11 is 0. The molecular weight excluding hydrogens is 709 g/mol. The maximum atomic E-state index is 12.0. The lowest BCUT2D eigenvalue weighted by Crippen LogP contribution is -2.00. The molecular formula is C55H82O3. The Bertz CT molecular complexity index is 1640. The van der Waals surface area contributed by atoms with E-state index in [0.29, 0.717) is 6.61 Å². The first kappa shape index (κ1) is 51.9. The highest BCUT2D eigenvalue weighted by molar-refractivity contribution is 5.87. The van der Waals surface area contributed by atoms with Crippen LogP contribution < -0.4 is 4.74 Å². The van der Waals surface area contributed by atoms with Crippen molar-refractivity contribution >= 4 is 12.0 Å². The zero-order valence-electron chi connectivity index (χ0n) is 38.9. The number of benzene rings is 1. The Hall–Kier alpha value is -4.11. The minimum absolute atomic E-state index is 0.295. The summed E-state index contributed by atoms with van der Waals surface area (Å²) in [4.78, 5) is 12.0. The Kier molecular flexibility index (Phi) is 29.4. The van der Waals surface area contributed by atoms with Gasteiger partial charge in [-0.05, 0) is 202 Å². The highest BCUT2D eigenvalue weighted by Crippen LogP contribution is 2.18. The highest BCUT2D eigenvalue weighted by Gasteiger charge is 1.99. The molecule has 0 saturated heterocycles. The maximum Gasteiger partial charge on any atom is 0.331 e. The van der Waals surface area contributed by atoms with E-state index in [1.54, 1.807) is 13.2 Å². The largest absolute Gasteiger partial charge is 0.497 e. The summed E-state index contributed by atoms with van der Waals surface area (Å²) < 4.78 is 10.5. The molecule has 3 heteroatoms. The number of allylic oxidation sites excluding steroid dienone is 17. The SMILES string of the molecule is COc1ccc(/C=C/C(=O)OC/C=C(\C)CC/C=C(\C)CC/C=C(\C)CC/C=C(\C)CC/C=C(\C)CC/C=C(\C)CC/C=C(\C)CC/C=C(\C)CCC=C(C)C)cc1. The molecule has 0 spiro atoms. The summed E-state index contributed by atoms with van der Waals surface area (Å²) in [5, 5.41) is 0. The van der Waals surface area contributed by atoms with Gasteiger partial charge in [0.05, 0.1) is 7.11 Å². The summed E-state index contributed by atoms with van der Waals surface area (Å²) in [5.74, 6) is 0.450. The van der Waals surface area contributed by atoms with E-state index in [4.69, 9.17) is 9.47 Å². The van der Waals surface area contributed by atoms with Crippen LogP contribution in [0, 0.1) is 0 Å². The van der Waals surface area contributed by atoms with E-state index in [-0.39, 0.29) is 5.97 Å². The second-order valence-electron chi connectivity index (χ2n) is 16.7. The molecule has 0 atom stereocenters. The third-order valence-corrected chi connectivity index (χ3v) is 10.5. The van der Waals surface area contributed by atoms with Crippen LogP contribution in [-0.2, 0) is 9.53 Å². The molecule has 0 bridgehead atoms. The smallest absolute Gasteiger partial charge is 0.331 e. The number of carbonyl (C=O) groups excluding carboxylic acids is 1. The van der Waals surface area contributed by atoms with E-state index >= 15 is 0 Å². The van der Waals surface area contributed by atoms with Crippen molar-refractivity contribution in [1.82, 2.24) is 0 Å². The molecule has 0 unspecified atom stereocenters. The van der Waals surface area contributed by atoms with Crippen molar-refractivity contribution in [3.05, 3.63) is 141 Å².